The minimum absolute atomic E-state index is 0.0435. The molecule has 0 bridgehead atoms. The number of amides is 1. The molecular formula is C19H18N4O5S. The number of ether oxygens (including phenoxy) is 1. The van der Waals surface area contributed by atoms with E-state index in [1.807, 2.05) is 0 Å². The van der Waals surface area contributed by atoms with Gasteiger partial charge in [0.15, 0.2) is 0 Å². The van der Waals surface area contributed by atoms with E-state index in [1.165, 1.54) is 39.2 Å². The molecule has 150 valence electrons. The molecule has 0 saturated carbocycles. The zero-order valence-electron chi connectivity index (χ0n) is 15.6. The van der Waals surface area contributed by atoms with Crippen LogP contribution in [0.3, 0.4) is 0 Å². The highest BCUT2D eigenvalue weighted by atomic mass is 32.1. The maximum atomic E-state index is 12.9. The van der Waals surface area contributed by atoms with Crippen molar-refractivity contribution in [2.45, 2.75) is 32.7 Å². The third kappa shape index (κ3) is 3.58. The number of nitrogens with zero attached hydrogens (tertiary/aromatic N) is 3. The topological polar surface area (TPSA) is 116 Å². The van der Waals surface area contributed by atoms with Crippen LogP contribution in [0.1, 0.15) is 23.8 Å². The van der Waals surface area contributed by atoms with Gasteiger partial charge in [0.1, 0.15) is 22.8 Å². The average Bonchev–Trinajstić information content (AvgIpc) is 3.26. The number of carbonyl (C=O) groups excluding carboxylic acids is 1. The first-order chi connectivity index (χ1) is 14.0. The molecule has 4 rings (SSSR count). The number of nitro benzene ring substituents is 1. The van der Waals surface area contributed by atoms with Crippen LogP contribution < -0.4 is 15.6 Å². The predicted molar refractivity (Wildman–Crippen MR) is 109 cm³/mol. The number of thiophene rings is 1. The van der Waals surface area contributed by atoms with Gasteiger partial charge < -0.3 is 10.1 Å². The van der Waals surface area contributed by atoms with Crippen molar-refractivity contribution in [3.8, 4) is 5.75 Å². The minimum Gasteiger partial charge on any atom is -0.494 e. The molecule has 2 heterocycles. The SMILES string of the molecule is CCOc1ccc(NC(=O)Cn2cnc3sc4c(c3c2=O)CCC4)c([N+](=O)[O-])c1. The molecule has 1 N–H and O–H groups in total. The fourth-order valence-corrected chi connectivity index (χ4v) is 4.72. The van der Waals surface area contributed by atoms with Crippen LogP contribution in [-0.2, 0) is 24.2 Å². The molecule has 2 aromatic heterocycles. The number of carbonyl (C=O) groups is 1. The monoisotopic (exact) mass is 414 g/mol. The van der Waals surface area contributed by atoms with E-state index in [2.05, 4.69) is 10.3 Å². The normalized spacial score (nSPS) is 12.7. The highest BCUT2D eigenvalue weighted by Crippen LogP contribution is 2.34. The molecule has 1 aromatic carbocycles. The lowest BCUT2D eigenvalue weighted by Crippen LogP contribution is -2.28. The van der Waals surface area contributed by atoms with Gasteiger partial charge in [-0.15, -0.1) is 11.3 Å². The Morgan fingerprint density at radius 1 is 1.41 bits per heavy atom. The molecular weight excluding hydrogens is 396 g/mol. The number of benzene rings is 1. The van der Waals surface area contributed by atoms with Crippen molar-refractivity contribution in [2.24, 2.45) is 0 Å². The van der Waals surface area contributed by atoms with Gasteiger partial charge in [0.2, 0.25) is 5.91 Å². The molecule has 10 heteroatoms. The second kappa shape index (κ2) is 7.63. The molecule has 3 aromatic rings. The molecule has 0 aliphatic heterocycles. The van der Waals surface area contributed by atoms with Crippen molar-refractivity contribution in [2.75, 3.05) is 11.9 Å². The van der Waals surface area contributed by atoms with Crippen LogP contribution >= 0.6 is 11.3 Å². The van der Waals surface area contributed by atoms with Crippen molar-refractivity contribution in [1.82, 2.24) is 9.55 Å². The summed E-state index contributed by atoms with van der Waals surface area (Å²) in [5.41, 5.74) is 0.549. The Morgan fingerprint density at radius 3 is 3.00 bits per heavy atom. The molecule has 0 unspecified atom stereocenters. The van der Waals surface area contributed by atoms with Crippen molar-refractivity contribution >= 4 is 38.8 Å². The van der Waals surface area contributed by atoms with Crippen LogP contribution in [0.5, 0.6) is 5.75 Å². The second-order valence-corrected chi connectivity index (χ2v) is 7.72. The third-order valence-electron chi connectivity index (χ3n) is 4.76. The van der Waals surface area contributed by atoms with Crippen LogP contribution in [0, 0.1) is 10.1 Å². The summed E-state index contributed by atoms with van der Waals surface area (Å²) in [7, 11) is 0. The number of aryl methyl sites for hydroxylation is 2. The fraction of sp³-hybridized carbons (Fsp3) is 0.316. The van der Waals surface area contributed by atoms with Gasteiger partial charge in [-0.05, 0) is 43.9 Å². The maximum Gasteiger partial charge on any atom is 0.296 e. The van der Waals surface area contributed by atoms with Gasteiger partial charge in [0.25, 0.3) is 11.2 Å². The molecule has 0 atom stereocenters. The fourth-order valence-electron chi connectivity index (χ4n) is 3.50. The Hall–Kier alpha value is -3.27. The largest absolute Gasteiger partial charge is 0.494 e. The van der Waals surface area contributed by atoms with Crippen LogP contribution in [-0.4, -0.2) is 27.0 Å². The quantitative estimate of drug-likeness (QED) is 0.490. The Morgan fingerprint density at radius 2 is 2.24 bits per heavy atom. The Kier molecular flexibility index (Phi) is 5.01. The molecule has 0 radical (unpaired) electrons. The van der Waals surface area contributed by atoms with E-state index >= 15 is 0 Å². The standard InChI is InChI=1S/C19H18N4O5S/c1-2-28-11-6-7-13(14(8-11)23(26)27)21-16(24)9-22-10-20-18-17(19(22)25)12-4-3-5-15(12)29-18/h6-8,10H,2-5,9H2,1H3,(H,21,24). The highest BCUT2D eigenvalue weighted by molar-refractivity contribution is 7.18. The number of nitrogens with one attached hydrogen (secondary N) is 1. The van der Waals surface area contributed by atoms with Gasteiger partial charge >= 0.3 is 0 Å². The predicted octanol–water partition coefficient (Wildman–Crippen LogP) is 2.89. The summed E-state index contributed by atoms with van der Waals surface area (Å²) in [5, 5.41) is 14.4. The molecule has 0 saturated heterocycles. The van der Waals surface area contributed by atoms with E-state index in [0.29, 0.717) is 22.6 Å². The second-order valence-electron chi connectivity index (χ2n) is 6.63. The van der Waals surface area contributed by atoms with E-state index in [-0.39, 0.29) is 23.5 Å². The van der Waals surface area contributed by atoms with Gasteiger partial charge in [-0.2, -0.15) is 0 Å². The number of fused-ring (bicyclic) bond motifs is 3. The summed E-state index contributed by atoms with van der Waals surface area (Å²) in [4.78, 5) is 42.3. The molecule has 0 fully saturated rings. The zero-order chi connectivity index (χ0) is 20.5. The van der Waals surface area contributed by atoms with Crippen LogP contribution in [0.15, 0.2) is 29.3 Å². The van der Waals surface area contributed by atoms with Gasteiger partial charge in [0, 0.05) is 4.88 Å². The first kappa shape index (κ1) is 19.1. The molecule has 29 heavy (non-hydrogen) atoms. The summed E-state index contributed by atoms with van der Waals surface area (Å²) >= 11 is 1.53. The smallest absolute Gasteiger partial charge is 0.296 e. The molecule has 1 amide bonds. The van der Waals surface area contributed by atoms with Gasteiger partial charge in [-0.3, -0.25) is 24.3 Å². The van der Waals surface area contributed by atoms with Gasteiger partial charge in [0.05, 0.1) is 29.3 Å². The number of anilines is 1. The van der Waals surface area contributed by atoms with E-state index in [4.69, 9.17) is 4.74 Å². The number of rotatable bonds is 6. The molecule has 1 aliphatic carbocycles. The first-order valence-corrected chi connectivity index (χ1v) is 10.0. The van der Waals surface area contributed by atoms with E-state index in [1.54, 1.807) is 13.0 Å². The summed E-state index contributed by atoms with van der Waals surface area (Å²) < 4.78 is 6.51. The zero-order valence-corrected chi connectivity index (χ0v) is 16.5. The lowest BCUT2D eigenvalue weighted by Gasteiger charge is -2.09. The number of nitro groups is 1. The summed E-state index contributed by atoms with van der Waals surface area (Å²) in [6.07, 6.45) is 4.17. The Balaban J connectivity index is 1.58. The van der Waals surface area contributed by atoms with Crippen LogP contribution in [0.2, 0.25) is 0 Å². The summed E-state index contributed by atoms with van der Waals surface area (Å²) in [5.74, 6) is -0.207. The van der Waals surface area contributed by atoms with Crippen LogP contribution in [0.4, 0.5) is 11.4 Å². The number of aromatic nitrogens is 2. The van der Waals surface area contributed by atoms with E-state index in [9.17, 15) is 19.7 Å². The maximum absolute atomic E-state index is 12.9. The number of hydrogen-bond donors (Lipinski definition) is 1. The lowest BCUT2D eigenvalue weighted by atomic mass is 10.2. The summed E-state index contributed by atoms with van der Waals surface area (Å²) in [6.45, 7) is 1.86. The molecule has 9 nitrogen and oxygen atoms in total. The first-order valence-electron chi connectivity index (χ1n) is 9.18. The summed E-state index contributed by atoms with van der Waals surface area (Å²) in [6, 6.07) is 4.21. The van der Waals surface area contributed by atoms with E-state index in [0.717, 1.165) is 24.8 Å². The van der Waals surface area contributed by atoms with Gasteiger partial charge in [-0.25, -0.2) is 4.98 Å². The average molecular weight is 414 g/mol. The third-order valence-corrected chi connectivity index (χ3v) is 5.96. The lowest BCUT2D eigenvalue weighted by molar-refractivity contribution is -0.384. The highest BCUT2D eigenvalue weighted by Gasteiger charge is 2.22. The molecule has 0 spiro atoms. The Labute approximate surface area is 169 Å². The molecule has 1 aliphatic rings. The Bertz CT molecular complexity index is 1180. The van der Waals surface area contributed by atoms with Crippen molar-refractivity contribution in [3.63, 3.8) is 0 Å². The minimum atomic E-state index is -0.591. The van der Waals surface area contributed by atoms with Gasteiger partial charge in [-0.1, -0.05) is 0 Å². The van der Waals surface area contributed by atoms with Crippen LogP contribution in [0.25, 0.3) is 10.2 Å². The van der Waals surface area contributed by atoms with Crippen molar-refractivity contribution < 1.29 is 14.5 Å². The van der Waals surface area contributed by atoms with Crippen molar-refractivity contribution in [3.05, 3.63) is 55.4 Å². The van der Waals surface area contributed by atoms with E-state index < -0.39 is 10.8 Å². The van der Waals surface area contributed by atoms with Crippen molar-refractivity contribution in [1.29, 1.82) is 0 Å². The number of hydrogen-bond acceptors (Lipinski definition) is 7.